The summed E-state index contributed by atoms with van der Waals surface area (Å²) in [6.45, 7) is 8.24. The first-order valence-corrected chi connectivity index (χ1v) is 3.17. The van der Waals surface area contributed by atoms with E-state index in [0.717, 1.165) is 0 Å². The largest absolute Gasteiger partial charge is 0.345 e. The van der Waals surface area contributed by atoms with Crippen molar-refractivity contribution in [2.75, 3.05) is 6.54 Å². The van der Waals surface area contributed by atoms with Crippen LogP contribution < -0.4 is 5.32 Å². The number of carbonyl (C=O) groups excluding carboxylic acids is 2. The fraction of sp³-hybridized carbons (Fsp3) is 0.250. The van der Waals surface area contributed by atoms with Crippen LogP contribution in [0.1, 0.15) is 6.92 Å². The zero-order valence-corrected chi connectivity index (χ0v) is 6.52. The van der Waals surface area contributed by atoms with Crippen LogP contribution in [-0.4, -0.2) is 18.2 Å². The monoisotopic (exact) mass is 153 g/mol. The van der Waals surface area contributed by atoms with Gasteiger partial charge in [0.2, 0.25) is 5.91 Å². The Morgan fingerprint density at radius 3 is 2.45 bits per heavy atom. The molecule has 1 N–H and O–H groups in total. The summed E-state index contributed by atoms with van der Waals surface area (Å²) in [5.74, 6) is -0.514. The Morgan fingerprint density at radius 1 is 1.55 bits per heavy atom. The lowest BCUT2D eigenvalue weighted by Gasteiger charge is -1.99. The number of ketones is 1. The Kier molecular flexibility index (Phi) is 3.88. The lowest BCUT2D eigenvalue weighted by atomic mass is 10.3. The van der Waals surface area contributed by atoms with Gasteiger partial charge >= 0.3 is 0 Å². The third-order valence-corrected chi connectivity index (χ3v) is 1.04. The molecule has 0 saturated carbocycles. The predicted molar refractivity (Wildman–Crippen MR) is 43.0 cm³/mol. The number of hydrogen-bond acceptors (Lipinski definition) is 2. The molecule has 1 amide bonds. The van der Waals surface area contributed by atoms with E-state index >= 15 is 0 Å². The van der Waals surface area contributed by atoms with Crippen molar-refractivity contribution < 1.29 is 9.59 Å². The van der Waals surface area contributed by atoms with Crippen LogP contribution in [0.4, 0.5) is 0 Å². The summed E-state index contributed by atoms with van der Waals surface area (Å²) in [4.78, 5) is 21.3. The molecule has 0 aromatic heterocycles. The molecule has 11 heavy (non-hydrogen) atoms. The third-order valence-electron chi connectivity index (χ3n) is 1.04. The Balaban J connectivity index is 3.71. The van der Waals surface area contributed by atoms with Crippen molar-refractivity contribution in [2.45, 2.75) is 6.92 Å². The highest BCUT2D eigenvalue weighted by molar-refractivity contribution is 5.97. The van der Waals surface area contributed by atoms with E-state index in [-0.39, 0.29) is 18.2 Å². The van der Waals surface area contributed by atoms with Gasteiger partial charge in [-0.15, -0.1) is 0 Å². The van der Waals surface area contributed by atoms with Crippen LogP contribution in [0.3, 0.4) is 0 Å². The molecule has 0 aliphatic heterocycles. The second-order valence-electron chi connectivity index (χ2n) is 2.13. The number of nitrogens with one attached hydrogen (secondary N) is 1. The van der Waals surface area contributed by atoms with Gasteiger partial charge in [-0.2, -0.15) is 0 Å². The molecule has 0 radical (unpaired) electrons. The van der Waals surface area contributed by atoms with Crippen molar-refractivity contribution in [1.82, 2.24) is 5.32 Å². The molecule has 0 unspecified atom stereocenters. The van der Waals surface area contributed by atoms with Gasteiger partial charge in [0.25, 0.3) is 0 Å². The van der Waals surface area contributed by atoms with Crippen LogP contribution >= 0.6 is 0 Å². The van der Waals surface area contributed by atoms with Gasteiger partial charge in [0.05, 0.1) is 6.54 Å². The molecular formula is C8H11NO2. The quantitative estimate of drug-likeness (QED) is 0.595. The highest BCUT2D eigenvalue weighted by Crippen LogP contribution is 1.84. The minimum Gasteiger partial charge on any atom is -0.345 e. The van der Waals surface area contributed by atoms with Crippen molar-refractivity contribution >= 4 is 11.7 Å². The van der Waals surface area contributed by atoms with Crippen LogP contribution in [0.25, 0.3) is 0 Å². The first-order valence-electron chi connectivity index (χ1n) is 3.17. The standard InChI is InChI=1S/C8H11NO2/c1-4-7(10)5-9-8(11)6(2)3/h4H,1-2,5H2,3H3,(H,9,11). The van der Waals surface area contributed by atoms with E-state index in [9.17, 15) is 9.59 Å². The Bertz CT molecular complexity index is 206. The normalized spacial score (nSPS) is 8.45. The Morgan fingerprint density at radius 2 is 2.09 bits per heavy atom. The Labute approximate surface area is 65.8 Å². The molecular weight excluding hydrogens is 142 g/mol. The summed E-state index contributed by atoms with van der Waals surface area (Å²) in [7, 11) is 0. The molecule has 3 heteroatoms. The first-order chi connectivity index (χ1) is 5.07. The van der Waals surface area contributed by atoms with Crippen LogP contribution in [0.5, 0.6) is 0 Å². The molecule has 3 nitrogen and oxygen atoms in total. The van der Waals surface area contributed by atoms with E-state index < -0.39 is 0 Å². The summed E-state index contributed by atoms with van der Waals surface area (Å²) >= 11 is 0. The van der Waals surface area contributed by atoms with Gasteiger partial charge in [-0.3, -0.25) is 9.59 Å². The summed E-state index contributed by atoms with van der Waals surface area (Å²) < 4.78 is 0. The van der Waals surface area contributed by atoms with Crippen LogP contribution in [0.2, 0.25) is 0 Å². The van der Waals surface area contributed by atoms with E-state index in [2.05, 4.69) is 18.5 Å². The molecule has 0 rings (SSSR count). The van der Waals surface area contributed by atoms with Crippen molar-refractivity contribution in [1.29, 1.82) is 0 Å². The summed E-state index contributed by atoms with van der Waals surface area (Å²) in [5, 5.41) is 2.37. The highest BCUT2D eigenvalue weighted by atomic mass is 16.2. The van der Waals surface area contributed by atoms with Crippen LogP contribution in [-0.2, 0) is 9.59 Å². The van der Waals surface area contributed by atoms with Gasteiger partial charge in [-0.1, -0.05) is 13.2 Å². The van der Waals surface area contributed by atoms with Gasteiger partial charge in [0, 0.05) is 5.57 Å². The second-order valence-corrected chi connectivity index (χ2v) is 2.13. The van der Waals surface area contributed by atoms with E-state index in [4.69, 9.17) is 0 Å². The summed E-state index contributed by atoms with van der Waals surface area (Å²) in [6, 6.07) is 0. The Hall–Kier alpha value is -1.38. The lowest BCUT2D eigenvalue weighted by molar-refractivity contribution is -0.120. The lowest BCUT2D eigenvalue weighted by Crippen LogP contribution is -2.28. The topological polar surface area (TPSA) is 46.2 Å². The first kappa shape index (κ1) is 9.62. The fourth-order valence-electron chi connectivity index (χ4n) is 0.390. The van der Waals surface area contributed by atoms with Gasteiger partial charge in [0.1, 0.15) is 0 Å². The molecule has 0 aromatic carbocycles. The van der Waals surface area contributed by atoms with Gasteiger partial charge in [0.15, 0.2) is 5.78 Å². The zero-order chi connectivity index (χ0) is 8.85. The summed E-state index contributed by atoms with van der Waals surface area (Å²) in [5.41, 5.74) is 0.391. The molecule has 0 bridgehead atoms. The van der Waals surface area contributed by atoms with Crippen LogP contribution in [0, 0.1) is 0 Å². The zero-order valence-electron chi connectivity index (χ0n) is 6.52. The molecule has 0 atom stereocenters. The molecule has 0 spiro atoms. The van der Waals surface area contributed by atoms with Crippen molar-refractivity contribution in [3.63, 3.8) is 0 Å². The minimum absolute atomic E-state index is 0.00477. The van der Waals surface area contributed by atoms with Crippen molar-refractivity contribution in [2.24, 2.45) is 0 Å². The number of rotatable bonds is 4. The minimum atomic E-state index is -0.305. The van der Waals surface area contributed by atoms with Gasteiger partial charge in [-0.25, -0.2) is 0 Å². The predicted octanol–water partition coefficient (Wildman–Crippen LogP) is 0.434. The van der Waals surface area contributed by atoms with E-state index in [1.54, 1.807) is 6.92 Å². The summed E-state index contributed by atoms with van der Waals surface area (Å²) in [6.07, 6.45) is 1.17. The average molecular weight is 153 g/mol. The molecule has 0 aromatic rings. The second kappa shape index (κ2) is 4.44. The number of amides is 1. The number of carbonyl (C=O) groups is 2. The SMILES string of the molecule is C=CC(=O)CNC(=O)C(=C)C. The maximum atomic E-state index is 10.8. The fourth-order valence-corrected chi connectivity index (χ4v) is 0.390. The van der Waals surface area contributed by atoms with E-state index in [1.165, 1.54) is 6.08 Å². The van der Waals surface area contributed by atoms with Crippen LogP contribution in [0.15, 0.2) is 24.8 Å². The third kappa shape index (κ3) is 4.08. The van der Waals surface area contributed by atoms with Crippen molar-refractivity contribution in [3.05, 3.63) is 24.8 Å². The molecule has 60 valence electrons. The molecule has 0 saturated heterocycles. The molecule has 0 fully saturated rings. The average Bonchev–Trinajstić information content (AvgIpc) is 1.99. The maximum Gasteiger partial charge on any atom is 0.246 e. The maximum absolute atomic E-state index is 10.8. The van der Waals surface area contributed by atoms with Gasteiger partial charge in [-0.05, 0) is 13.0 Å². The smallest absolute Gasteiger partial charge is 0.246 e. The highest BCUT2D eigenvalue weighted by Gasteiger charge is 2.01. The van der Waals surface area contributed by atoms with E-state index in [1.807, 2.05) is 0 Å². The van der Waals surface area contributed by atoms with Crippen molar-refractivity contribution in [3.8, 4) is 0 Å². The molecule has 0 aliphatic carbocycles. The number of hydrogen-bond donors (Lipinski definition) is 1. The molecule has 0 heterocycles. The van der Waals surface area contributed by atoms with E-state index in [0.29, 0.717) is 5.57 Å². The molecule has 0 aliphatic rings. The van der Waals surface area contributed by atoms with Gasteiger partial charge < -0.3 is 5.32 Å².